The molecule has 0 aliphatic carbocycles. The number of benzene rings is 1. The normalized spacial score (nSPS) is 19.0. The van der Waals surface area contributed by atoms with Crippen molar-refractivity contribution in [2.24, 2.45) is 0 Å². The molecule has 1 fully saturated rings. The molecule has 0 bridgehead atoms. The van der Waals surface area contributed by atoms with E-state index in [0.29, 0.717) is 3.57 Å². The van der Waals surface area contributed by atoms with Gasteiger partial charge in [-0.05, 0) is 47.7 Å². The number of nitrogens with zero attached hydrogens (tertiary/aromatic N) is 1. The number of likely N-dealkylation sites (N-methyl/N-ethyl adjacent to an activating group) is 1. The monoisotopic (exact) mass is 366 g/mol. The average molecular weight is 366 g/mol. The number of hydrogen-bond donors (Lipinski definition) is 1. The molecular formula is C12H13F2IN2O. The molecule has 1 aromatic carbocycles. The van der Waals surface area contributed by atoms with Crippen LogP contribution in [0.25, 0.3) is 0 Å². The number of halogens is 3. The first-order valence-electron chi connectivity index (χ1n) is 5.63. The van der Waals surface area contributed by atoms with E-state index in [-0.39, 0.29) is 17.5 Å². The fourth-order valence-electron chi connectivity index (χ4n) is 2.01. The second-order valence-corrected chi connectivity index (χ2v) is 5.47. The Labute approximate surface area is 118 Å². The van der Waals surface area contributed by atoms with Crippen molar-refractivity contribution < 1.29 is 13.6 Å². The summed E-state index contributed by atoms with van der Waals surface area (Å²) >= 11 is 1.84. The zero-order valence-electron chi connectivity index (χ0n) is 9.84. The highest BCUT2D eigenvalue weighted by molar-refractivity contribution is 14.1. The van der Waals surface area contributed by atoms with E-state index >= 15 is 0 Å². The highest BCUT2D eigenvalue weighted by atomic mass is 127. The Morgan fingerprint density at radius 2 is 2.11 bits per heavy atom. The first-order valence-corrected chi connectivity index (χ1v) is 6.71. The first kappa shape index (κ1) is 13.7. The van der Waals surface area contributed by atoms with Crippen LogP contribution < -0.4 is 5.32 Å². The van der Waals surface area contributed by atoms with Crippen LogP contribution in [0.4, 0.5) is 8.78 Å². The Morgan fingerprint density at radius 1 is 1.44 bits per heavy atom. The molecule has 1 atom stereocenters. The van der Waals surface area contributed by atoms with E-state index in [1.54, 1.807) is 11.9 Å². The van der Waals surface area contributed by atoms with E-state index in [1.165, 1.54) is 0 Å². The maximum Gasteiger partial charge on any atom is 0.255 e. The molecule has 1 amide bonds. The SMILES string of the molecule is CN(C(=O)c1cc(F)c(F)cc1I)C1CCNC1. The second kappa shape index (κ2) is 5.48. The Kier molecular flexibility index (Phi) is 4.16. The van der Waals surface area contributed by atoms with Gasteiger partial charge in [0.2, 0.25) is 0 Å². The van der Waals surface area contributed by atoms with Gasteiger partial charge in [0, 0.05) is 23.2 Å². The molecule has 1 unspecified atom stereocenters. The molecule has 0 aromatic heterocycles. The van der Waals surface area contributed by atoms with Gasteiger partial charge >= 0.3 is 0 Å². The summed E-state index contributed by atoms with van der Waals surface area (Å²) in [6.45, 7) is 1.61. The molecule has 18 heavy (non-hydrogen) atoms. The third-order valence-electron chi connectivity index (χ3n) is 3.14. The Hall–Kier alpha value is -0.760. The quantitative estimate of drug-likeness (QED) is 0.642. The molecule has 2 rings (SSSR count). The van der Waals surface area contributed by atoms with Gasteiger partial charge in [0.25, 0.3) is 5.91 Å². The van der Waals surface area contributed by atoms with Crippen molar-refractivity contribution in [3.63, 3.8) is 0 Å². The molecular weight excluding hydrogens is 353 g/mol. The molecule has 3 nitrogen and oxygen atoms in total. The Morgan fingerprint density at radius 3 is 2.72 bits per heavy atom. The zero-order chi connectivity index (χ0) is 13.3. The fraction of sp³-hybridized carbons (Fsp3) is 0.417. The summed E-state index contributed by atoms with van der Waals surface area (Å²) in [7, 11) is 1.69. The molecule has 1 aliphatic heterocycles. The minimum absolute atomic E-state index is 0.112. The van der Waals surface area contributed by atoms with Crippen LogP contribution in [0.2, 0.25) is 0 Å². The number of carbonyl (C=O) groups excluding carboxylic acids is 1. The first-order chi connectivity index (χ1) is 8.50. The van der Waals surface area contributed by atoms with Crippen molar-refractivity contribution in [3.05, 3.63) is 32.9 Å². The van der Waals surface area contributed by atoms with Crippen LogP contribution in [0.5, 0.6) is 0 Å². The number of rotatable bonds is 2. The van der Waals surface area contributed by atoms with Crippen molar-refractivity contribution in [3.8, 4) is 0 Å². The predicted octanol–water partition coefficient (Wildman–Crippen LogP) is 2.00. The van der Waals surface area contributed by atoms with E-state index in [1.807, 2.05) is 22.6 Å². The number of amides is 1. The van der Waals surface area contributed by atoms with Crippen molar-refractivity contribution in [1.82, 2.24) is 10.2 Å². The summed E-state index contributed by atoms with van der Waals surface area (Å²) in [5.41, 5.74) is 0.212. The molecule has 1 heterocycles. The summed E-state index contributed by atoms with van der Waals surface area (Å²) in [4.78, 5) is 13.8. The van der Waals surface area contributed by atoms with Crippen LogP contribution in [0, 0.1) is 15.2 Å². The van der Waals surface area contributed by atoms with Crippen molar-refractivity contribution >= 4 is 28.5 Å². The molecule has 1 aromatic rings. The van der Waals surface area contributed by atoms with Crippen molar-refractivity contribution in [1.29, 1.82) is 0 Å². The Balaban J connectivity index is 2.25. The predicted molar refractivity (Wildman–Crippen MR) is 72.4 cm³/mol. The summed E-state index contributed by atoms with van der Waals surface area (Å²) in [5, 5.41) is 3.16. The fourth-order valence-corrected chi connectivity index (χ4v) is 2.67. The van der Waals surface area contributed by atoms with E-state index in [4.69, 9.17) is 0 Å². The van der Waals surface area contributed by atoms with Crippen LogP contribution in [-0.2, 0) is 0 Å². The maximum absolute atomic E-state index is 13.2. The van der Waals surface area contributed by atoms with Crippen LogP contribution in [0.1, 0.15) is 16.8 Å². The lowest BCUT2D eigenvalue weighted by Crippen LogP contribution is -2.38. The zero-order valence-corrected chi connectivity index (χ0v) is 12.0. The van der Waals surface area contributed by atoms with Gasteiger partial charge in [-0.3, -0.25) is 4.79 Å². The van der Waals surface area contributed by atoms with E-state index in [2.05, 4.69) is 5.32 Å². The van der Waals surface area contributed by atoms with Gasteiger partial charge in [0.1, 0.15) is 0 Å². The van der Waals surface area contributed by atoms with Gasteiger partial charge in [-0.25, -0.2) is 8.78 Å². The van der Waals surface area contributed by atoms with Gasteiger partial charge in [-0.15, -0.1) is 0 Å². The lowest BCUT2D eigenvalue weighted by molar-refractivity contribution is 0.0742. The van der Waals surface area contributed by atoms with E-state index in [9.17, 15) is 13.6 Å². The number of nitrogens with one attached hydrogen (secondary N) is 1. The second-order valence-electron chi connectivity index (χ2n) is 4.31. The van der Waals surface area contributed by atoms with Crippen LogP contribution >= 0.6 is 22.6 Å². The summed E-state index contributed by atoms with van der Waals surface area (Å²) in [6, 6.07) is 2.13. The third-order valence-corrected chi connectivity index (χ3v) is 4.04. The molecule has 0 saturated carbocycles. The molecule has 0 spiro atoms. The minimum atomic E-state index is -0.989. The van der Waals surface area contributed by atoms with Crippen LogP contribution in [-0.4, -0.2) is 37.0 Å². The summed E-state index contributed by atoms with van der Waals surface area (Å²) in [6.07, 6.45) is 0.877. The summed E-state index contributed by atoms with van der Waals surface area (Å²) < 4.78 is 26.6. The largest absolute Gasteiger partial charge is 0.337 e. The lowest BCUT2D eigenvalue weighted by atomic mass is 10.1. The molecule has 1 N–H and O–H groups in total. The van der Waals surface area contributed by atoms with Gasteiger partial charge in [0.05, 0.1) is 5.56 Å². The summed E-state index contributed by atoms with van der Waals surface area (Å²) in [5.74, 6) is -2.19. The molecule has 0 radical (unpaired) electrons. The lowest BCUT2D eigenvalue weighted by Gasteiger charge is -2.24. The van der Waals surface area contributed by atoms with E-state index < -0.39 is 11.6 Å². The third kappa shape index (κ3) is 2.64. The van der Waals surface area contributed by atoms with Crippen LogP contribution in [0.3, 0.4) is 0 Å². The standard InChI is InChI=1S/C12H13F2IN2O/c1-17(7-2-3-16-6-7)12(18)8-4-9(13)10(14)5-11(8)15/h4-5,7,16H,2-3,6H2,1H3. The van der Waals surface area contributed by atoms with E-state index in [0.717, 1.165) is 31.6 Å². The molecule has 98 valence electrons. The topological polar surface area (TPSA) is 32.3 Å². The Bertz CT molecular complexity index is 475. The molecule has 6 heteroatoms. The van der Waals surface area contributed by atoms with Gasteiger partial charge in [0.15, 0.2) is 11.6 Å². The number of carbonyl (C=O) groups is 1. The highest BCUT2D eigenvalue weighted by Gasteiger charge is 2.26. The average Bonchev–Trinajstić information content (AvgIpc) is 2.85. The minimum Gasteiger partial charge on any atom is -0.337 e. The maximum atomic E-state index is 13.2. The number of hydrogen-bond acceptors (Lipinski definition) is 2. The highest BCUT2D eigenvalue weighted by Crippen LogP contribution is 2.20. The molecule has 1 aliphatic rings. The smallest absolute Gasteiger partial charge is 0.255 e. The van der Waals surface area contributed by atoms with Crippen molar-refractivity contribution in [2.75, 3.05) is 20.1 Å². The van der Waals surface area contributed by atoms with Crippen LogP contribution in [0.15, 0.2) is 12.1 Å². The van der Waals surface area contributed by atoms with Gasteiger partial charge in [-0.1, -0.05) is 0 Å². The van der Waals surface area contributed by atoms with Gasteiger partial charge < -0.3 is 10.2 Å². The van der Waals surface area contributed by atoms with Gasteiger partial charge in [-0.2, -0.15) is 0 Å². The molecule has 1 saturated heterocycles. The van der Waals surface area contributed by atoms with Crippen molar-refractivity contribution in [2.45, 2.75) is 12.5 Å².